The Morgan fingerprint density at radius 3 is 0.610 bits per heavy atom. The van der Waals surface area contributed by atoms with E-state index < -0.39 is 175 Å². The van der Waals surface area contributed by atoms with E-state index in [2.05, 4.69) is 6.58 Å². The van der Waals surface area contributed by atoms with Gasteiger partial charge in [0.2, 0.25) is 0 Å². The highest BCUT2D eigenvalue weighted by Crippen LogP contribution is 2.69. The summed E-state index contributed by atoms with van der Waals surface area (Å²) < 4.78 is 598. The molecule has 0 aromatic rings. The maximum Gasteiger partial charge on any atom is 0.460 e. The third kappa shape index (κ3) is 11.4. The lowest BCUT2D eigenvalue weighted by Gasteiger charge is -2.44. The number of halogens is 43. The smallest absolute Gasteiger partial charge is 0.229 e. The minimum absolute atomic E-state index is 0.318. The number of hydrogen-bond donors (Lipinski definition) is 0. The number of hydrogen-bond acceptors (Lipinski definition) is 4. The second-order valence-electron chi connectivity index (χ2n) is 14.5. The lowest BCUT2D eigenvalue weighted by atomic mass is 9.86. The molecule has 0 unspecified atom stereocenters. The van der Waals surface area contributed by atoms with Crippen molar-refractivity contribution in [3.8, 4) is 0 Å². The predicted octanol–water partition coefficient (Wildman–Crippen LogP) is 14.5. The van der Waals surface area contributed by atoms with Crippen LogP contribution in [0.4, 0.5) is 184 Å². The molecule has 0 radical (unpaired) electrons. The van der Waals surface area contributed by atoms with Gasteiger partial charge in [-0.25, -0.2) is 16.8 Å². The molecule has 0 saturated carbocycles. The molecule has 0 rings (SSSR count). The molecular weight excluding hydrogens is 1300 g/mol. The van der Waals surface area contributed by atoms with Crippen LogP contribution in [0, 0.1) is 0 Å². The molecule has 0 atom stereocenters. The highest BCUT2D eigenvalue weighted by molar-refractivity contribution is 7.94. The second-order valence-corrected chi connectivity index (χ2v) is 19.2. The minimum atomic E-state index is -9.25. The van der Waals surface area contributed by atoms with E-state index in [-0.39, 0.29) is 5.41 Å². The van der Waals surface area contributed by atoms with Gasteiger partial charge in [-0.05, 0) is 0 Å². The molecular formula is C28H15ClF42O4S2. The molecule has 0 aromatic heterocycles. The molecule has 0 fully saturated rings. The number of sulfone groups is 2. The fourth-order valence-electron chi connectivity index (χ4n) is 4.35. The minimum Gasteiger partial charge on any atom is -0.229 e. The van der Waals surface area contributed by atoms with E-state index in [0.29, 0.717) is 0 Å². The zero-order valence-electron chi connectivity index (χ0n) is 34.2. The van der Waals surface area contributed by atoms with E-state index in [1.165, 1.54) is 0 Å². The Morgan fingerprint density at radius 2 is 0.442 bits per heavy atom. The maximum absolute atomic E-state index is 13.7. The van der Waals surface area contributed by atoms with Crippen molar-refractivity contribution in [3.63, 3.8) is 0 Å². The summed E-state index contributed by atoms with van der Waals surface area (Å²) in [7, 11) is -10.1. The summed E-state index contributed by atoms with van der Waals surface area (Å²) >= 11 is 4.86. The molecule has 0 N–H and O–H groups in total. The van der Waals surface area contributed by atoms with Gasteiger partial charge in [-0.2, -0.15) is 184 Å². The normalized spacial score (nSPS) is 16.6. The summed E-state index contributed by atoms with van der Waals surface area (Å²) in [5.74, 6) is -163. The second kappa shape index (κ2) is 20.5. The molecule has 0 amide bonds. The Bertz CT molecular complexity index is 2290. The van der Waals surface area contributed by atoms with Gasteiger partial charge < -0.3 is 0 Å². The topological polar surface area (TPSA) is 68.3 Å². The molecule has 77 heavy (non-hydrogen) atoms. The Labute approximate surface area is 399 Å². The molecule has 0 aliphatic rings. The highest BCUT2D eigenvalue weighted by atomic mass is 35.5. The summed E-state index contributed by atoms with van der Waals surface area (Å²) in [6.45, 7) is 2.39. The third-order valence-electron chi connectivity index (χ3n) is 9.22. The van der Waals surface area contributed by atoms with Crippen LogP contribution in [0.1, 0.15) is 12.8 Å². The SMILES string of the molecule is C=CS(=O)(=O)CCC(F)(F)C(F)(F)C(F)(F)C(F)(F)C(F)(F)C(F)(F)C(F)(F)C(F)(F)C(F)(F)C(F)(F)F.O=S(=O)(CCCl)CCC(F)(F)C(F)(F)C(F)(F)C(F)(F)C(F)(F)C(F)(F)C(F)(F)C(F)(F)C(F)(F)C(F)(F)F. The fourth-order valence-corrected chi connectivity index (χ4v) is 6.77. The van der Waals surface area contributed by atoms with E-state index in [0.717, 1.165) is 0 Å². The first kappa shape index (κ1) is 76.1. The van der Waals surface area contributed by atoms with Crippen LogP contribution >= 0.6 is 11.6 Å². The van der Waals surface area contributed by atoms with Gasteiger partial charge >= 0.3 is 119 Å². The first-order valence-corrected chi connectivity index (χ1v) is 21.2. The first-order chi connectivity index (χ1) is 32.5. The van der Waals surface area contributed by atoms with E-state index >= 15 is 0 Å². The standard InChI is InChI=1S/C14H8ClF21O2S.C14H7F21O2S/c15-2-4-39(37,38)3-1-5(16,17)6(18,19)7(20,21)8(22,23)9(24,25)10(26,27)11(28,29)12(30,31)13(32,33)14(34,35)36;1-2-38(36,37)4-3-5(15,16)6(17,18)7(19,20)8(21,22)9(23,24)10(25,26)11(27,28)12(29,30)13(31,32)14(33,34)35/h1-4H2;2H,1,3-4H2. The fraction of sp³-hybridized carbons (Fsp3) is 0.929. The van der Waals surface area contributed by atoms with Crippen molar-refractivity contribution in [2.24, 2.45) is 0 Å². The van der Waals surface area contributed by atoms with Gasteiger partial charge in [0, 0.05) is 24.1 Å². The van der Waals surface area contributed by atoms with Crippen LogP contribution in [0.3, 0.4) is 0 Å². The largest absolute Gasteiger partial charge is 0.460 e. The molecule has 0 aliphatic heterocycles. The van der Waals surface area contributed by atoms with Crippen LogP contribution in [0.15, 0.2) is 12.0 Å². The molecule has 0 aromatic carbocycles. The molecule has 0 bridgehead atoms. The quantitative estimate of drug-likeness (QED) is 0.0675. The maximum atomic E-state index is 13.7. The van der Waals surface area contributed by atoms with E-state index in [1.807, 2.05) is 0 Å². The zero-order valence-corrected chi connectivity index (χ0v) is 36.6. The van der Waals surface area contributed by atoms with Gasteiger partial charge in [-0.15, -0.1) is 11.6 Å². The van der Waals surface area contributed by atoms with Gasteiger partial charge in [-0.3, -0.25) is 0 Å². The van der Waals surface area contributed by atoms with Crippen molar-refractivity contribution in [1.29, 1.82) is 0 Å². The molecule has 464 valence electrons. The molecule has 0 heterocycles. The van der Waals surface area contributed by atoms with Gasteiger partial charge in [0.15, 0.2) is 19.7 Å². The summed E-state index contributed by atoms with van der Waals surface area (Å²) in [5, 5.41) is -0.318. The molecule has 4 nitrogen and oxygen atoms in total. The average molecular weight is 1310 g/mol. The van der Waals surface area contributed by atoms with Gasteiger partial charge in [0.25, 0.3) is 0 Å². The van der Waals surface area contributed by atoms with Gasteiger partial charge in [0.05, 0.1) is 17.3 Å². The Balaban J connectivity index is 0. The van der Waals surface area contributed by atoms with E-state index in [1.54, 1.807) is 0 Å². The summed E-state index contributed by atoms with van der Waals surface area (Å²) in [4.78, 5) is 0. The number of alkyl halides is 43. The highest BCUT2D eigenvalue weighted by Gasteiger charge is 3.00. The van der Waals surface area contributed by atoms with Crippen LogP contribution in [-0.4, -0.2) is 159 Å². The van der Waals surface area contributed by atoms with Crippen molar-refractivity contribution >= 4 is 31.3 Å². The Kier molecular flexibility index (Phi) is 20.2. The Morgan fingerprint density at radius 1 is 0.273 bits per heavy atom. The average Bonchev–Trinajstić information content (AvgIpc) is 3.20. The third-order valence-corrected chi connectivity index (χ3v) is 12.6. The van der Waals surface area contributed by atoms with Crippen molar-refractivity contribution in [2.75, 3.05) is 23.1 Å². The summed E-state index contributed by atoms with van der Waals surface area (Å²) in [5.41, 5.74) is 0. The van der Waals surface area contributed by atoms with Crippen molar-refractivity contribution in [1.82, 2.24) is 0 Å². The first-order valence-electron chi connectivity index (χ1n) is 17.1. The lowest BCUT2D eigenvalue weighted by molar-refractivity contribution is -0.474. The summed E-state index contributed by atoms with van der Waals surface area (Å²) in [6, 6.07) is 0. The number of rotatable bonds is 25. The summed E-state index contributed by atoms with van der Waals surface area (Å²) in [6.07, 6.45) is -22.5. The predicted molar refractivity (Wildman–Crippen MR) is 164 cm³/mol. The van der Waals surface area contributed by atoms with Crippen molar-refractivity contribution in [2.45, 2.75) is 132 Å². The zero-order chi connectivity index (χ0) is 63.9. The van der Waals surface area contributed by atoms with Crippen LogP contribution < -0.4 is 0 Å². The van der Waals surface area contributed by atoms with Crippen molar-refractivity contribution < 1.29 is 201 Å². The Hall–Kier alpha value is -3.01. The van der Waals surface area contributed by atoms with Crippen LogP contribution in [0.2, 0.25) is 0 Å². The monoisotopic (exact) mass is 1310 g/mol. The van der Waals surface area contributed by atoms with Gasteiger partial charge in [0.1, 0.15) is 0 Å². The molecule has 0 saturated heterocycles. The molecule has 0 spiro atoms. The van der Waals surface area contributed by atoms with E-state index in [4.69, 9.17) is 11.6 Å². The van der Waals surface area contributed by atoms with Crippen LogP contribution in [0.25, 0.3) is 0 Å². The van der Waals surface area contributed by atoms with Gasteiger partial charge in [-0.1, -0.05) is 6.58 Å². The van der Waals surface area contributed by atoms with Crippen LogP contribution in [-0.2, 0) is 19.7 Å². The van der Waals surface area contributed by atoms with E-state index in [9.17, 15) is 201 Å². The molecule has 49 heteroatoms. The van der Waals surface area contributed by atoms with Crippen LogP contribution in [0.5, 0.6) is 0 Å². The molecule has 0 aliphatic carbocycles. The van der Waals surface area contributed by atoms with Crippen molar-refractivity contribution in [3.05, 3.63) is 12.0 Å². The lowest BCUT2D eigenvalue weighted by Crippen LogP contribution is -2.76.